The molecule has 0 aromatic carbocycles. The lowest BCUT2D eigenvalue weighted by Crippen LogP contribution is -2.47. The van der Waals surface area contributed by atoms with Crippen LogP contribution in [0.25, 0.3) is 16.7 Å². The highest BCUT2D eigenvalue weighted by Crippen LogP contribution is 2.21. The van der Waals surface area contributed by atoms with Crippen LogP contribution < -0.4 is 10.5 Å². The maximum atomic E-state index is 12.6. The van der Waals surface area contributed by atoms with Gasteiger partial charge in [0.2, 0.25) is 5.95 Å². The number of nitrogens with one attached hydrogen (secondary N) is 1. The van der Waals surface area contributed by atoms with E-state index >= 15 is 0 Å². The molecule has 0 saturated carbocycles. The van der Waals surface area contributed by atoms with E-state index in [2.05, 4.69) is 24.9 Å². The van der Waals surface area contributed by atoms with Crippen molar-refractivity contribution in [2.45, 2.75) is 32.9 Å². The molecule has 0 atom stereocenters. The molecular formula is C21H25ClN8O. The molecule has 5 rings (SSSR count). The lowest BCUT2D eigenvalue weighted by Gasteiger charge is -2.34. The SMILES string of the molecule is CC(C)(C)n1ncc2c(=O)[nH]c(N3CCN(Cc4cn5cc(Cl)ccc5n4)CC3)nc21. The Morgan fingerprint density at radius 2 is 1.87 bits per heavy atom. The molecule has 31 heavy (non-hydrogen) atoms. The number of hydrogen-bond acceptors (Lipinski definition) is 6. The van der Waals surface area contributed by atoms with Crippen LogP contribution in [0.3, 0.4) is 0 Å². The van der Waals surface area contributed by atoms with E-state index in [0.717, 1.165) is 44.1 Å². The van der Waals surface area contributed by atoms with Crippen molar-refractivity contribution in [2.24, 2.45) is 0 Å². The minimum absolute atomic E-state index is 0.152. The molecule has 162 valence electrons. The minimum atomic E-state index is -0.253. The maximum Gasteiger partial charge on any atom is 0.263 e. The van der Waals surface area contributed by atoms with Gasteiger partial charge in [0, 0.05) is 45.1 Å². The highest BCUT2D eigenvalue weighted by Gasteiger charge is 2.23. The van der Waals surface area contributed by atoms with Crippen molar-refractivity contribution in [2.75, 3.05) is 31.1 Å². The molecule has 0 spiro atoms. The quantitative estimate of drug-likeness (QED) is 0.526. The van der Waals surface area contributed by atoms with Crippen molar-refractivity contribution >= 4 is 34.2 Å². The predicted octanol–water partition coefficient (Wildman–Crippen LogP) is 2.50. The number of aromatic amines is 1. The zero-order valence-corrected chi connectivity index (χ0v) is 18.6. The molecule has 1 fully saturated rings. The van der Waals surface area contributed by atoms with Crippen LogP contribution in [-0.4, -0.2) is 60.2 Å². The van der Waals surface area contributed by atoms with Gasteiger partial charge in [0.05, 0.1) is 22.5 Å². The fourth-order valence-corrected chi connectivity index (χ4v) is 4.16. The molecule has 0 radical (unpaired) electrons. The maximum absolute atomic E-state index is 12.6. The van der Waals surface area contributed by atoms with Crippen molar-refractivity contribution in [1.82, 2.24) is 34.0 Å². The van der Waals surface area contributed by atoms with E-state index in [1.165, 1.54) is 0 Å². The van der Waals surface area contributed by atoms with Crippen LogP contribution in [0.1, 0.15) is 26.5 Å². The van der Waals surface area contributed by atoms with Gasteiger partial charge in [-0.05, 0) is 32.9 Å². The van der Waals surface area contributed by atoms with Crippen LogP contribution >= 0.6 is 11.6 Å². The van der Waals surface area contributed by atoms with Gasteiger partial charge in [0.25, 0.3) is 5.56 Å². The number of fused-ring (bicyclic) bond motifs is 2. The molecule has 0 amide bonds. The molecule has 1 aliphatic rings. The Morgan fingerprint density at radius 3 is 2.61 bits per heavy atom. The molecule has 1 aliphatic heterocycles. The van der Waals surface area contributed by atoms with Gasteiger partial charge in [-0.2, -0.15) is 10.1 Å². The van der Waals surface area contributed by atoms with Crippen molar-refractivity contribution in [3.05, 3.63) is 51.8 Å². The average Bonchev–Trinajstić information content (AvgIpc) is 3.32. The number of pyridine rings is 1. The van der Waals surface area contributed by atoms with Crippen LogP contribution in [0.2, 0.25) is 5.02 Å². The molecule has 5 heterocycles. The van der Waals surface area contributed by atoms with Gasteiger partial charge >= 0.3 is 0 Å². The van der Waals surface area contributed by atoms with Gasteiger partial charge in [0.1, 0.15) is 11.0 Å². The Balaban J connectivity index is 1.32. The van der Waals surface area contributed by atoms with E-state index in [9.17, 15) is 4.79 Å². The number of halogens is 1. The first-order valence-electron chi connectivity index (χ1n) is 10.4. The average molecular weight is 441 g/mol. The Labute approximate surface area is 184 Å². The van der Waals surface area contributed by atoms with Crippen LogP contribution in [-0.2, 0) is 12.1 Å². The number of nitrogens with zero attached hydrogens (tertiary/aromatic N) is 7. The molecule has 4 aromatic heterocycles. The number of H-pyrrole nitrogens is 1. The van der Waals surface area contributed by atoms with E-state index in [0.29, 0.717) is 22.0 Å². The number of imidazole rings is 1. The molecule has 10 heteroatoms. The topological polar surface area (TPSA) is 87.4 Å². The van der Waals surface area contributed by atoms with Crippen molar-refractivity contribution in [3.63, 3.8) is 0 Å². The minimum Gasteiger partial charge on any atom is -0.340 e. The Bertz CT molecular complexity index is 1310. The Morgan fingerprint density at radius 1 is 1.10 bits per heavy atom. The normalized spacial score (nSPS) is 15.9. The second-order valence-electron chi connectivity index (χ2n) is 8.96. The van der Waals surface area contributed by atoms with Gasteiger partial charge in [-0.3, -0.25) is 14.7 Å². The molecule has 1 saturated heterocycles. The summed E-state index contributed by atoms with van der Waals surface area (Å²) < 4.78 is 3.77. The molecule has 1 N–H and O–H groups in total. The highest BCUT2D eigenvalue weighted by molar-refractivity contribution is 6.30. The molecular weight excluding hydrogens is 416 g/mol. The lowest BCUT2D eigenvalue weighted by atomic mass is 10.1. The Kier molecular flexibility index (Phi) is 4.75. The molecule has 0 bridgehead atoms. The summed E-state index contributed by atoms with van der Waals surface area (Å²) in [6.07, 6.45) is 5.48. The van der Waals surface area contributed by atoms with Crippen molar-refractivity contribution in [3.8, 4) is 0 Å². The zero-order chi connectivity index (χ0) is 21.8. The number of hydrogen-bond donors (Lipinski definition) is 1. The largest absolute Gasteiger partial charge is 0.340 e. The third-order valence-corrected chi connectivity index (χ3v) is 5.81. The second kappa shape index (κ2) is 7.35. The first-order valence-corrected chi connectivity index (χ1v) is 10.7. The lowest BCUT2D eigenvalue weighted by molar-refractivity contribution is 0.246. The monoisotopic (exact) mass is 440 g/mol. The van der Waals surface area contributed by atoms with E-state index in [4.69, 9.17) is 16.6 Å². The third kappa shape index (κ3) is 3.79. The summed E-state index contributed by atoms with van der Waals surface area (Å²) in [5.41, 5.74) is 2.12. The Hall–Kier alpha value is -2.91. The van der Waals surface area contributed by atoms with Crippen LogP contribution in [0.15, 0.2) is 35.5 Å². The summed E-state index contributed by atoms with van der Waals surface area (Å²) in [5, 5.41) is 5.60. The molecule has 9 nitrogen and oxygen atoms in total. The van der Waals surface area contributed by atoms with Crippen molar-refractivity contribution < 1.29 is 0 Å². The number of anilines is 1. The number of rotatable bonds is 3. The van der Waals surface area contributed by atoms with E-state index < -0.39 is 0 Å². The smallest absolute Gasteiger partial charge is 0.263 e. The predicted molar refractivity (Wildman–Crippen MR) is 121 cm³/mol. The standard InChI is InChI=1S/C21H25ClN8O/c1-21(2,3)30-18-16(10-23-30)19(31)26-20(25-18)28-8-6-27(7-9-28)12-15-13-29-11-14(22)4-5-17(29)24-15/h4-5,10-11,13H,6-9,12H2,1-3H3,(H,25,26,31). The fraction of sp³-hybridized carbons (Fsp3) is 0.429. The van der Waals surface area contributed by atoms with Gasteiger partial charge in [-0.15, -0.1) is 0 Å². The van der Waals surface area contributed by atoms with Crippen molar-refractivity contribution in [1.29, 1.82) is 0 Å². The number of aromatic nitrogens is 6. The van der Waals surface area contributed by atoms with Gasteiger partial charge in [0.15, 0.2) is 5.65 Å². The second-order valence-corrected chi connectivity index (χ2v) is 9.40. The first-order chi connectivity index (χ1) is 14.8. The summed E-state index contributed by atoms with van der Waals surface area (Å²) in [5.74, 6) is 0.602. The van der Waals surface area contributed by atoms with Gasteiger partial charge < -0.3 is 9.30 Å². The van der Waals surface area contributed by atoms with E-state index in [1.54, 1.807) is 6.20 Å². The summed E-state index contributed by atoms with van der Waals surface area (Å²) in [6, 6.07) is 3.77. The van der Waals surface area contributed by atoms with Gasteiger partial charge in [-0.25, -0.2) is 9.67 Å². The van der Waals surface area contributed by atoms with Crippen LogP contribution in [0.4, 0.5) is 5.95 Å². The fourth-order valence-electron chi connectivity index (χ4n) is 3.99. The molecule has 0 unspecified atom stereocenters. The van der Waals surface area contributed by atoms with Crippen LogP contribution in [0.5, 0.6) is 0 Å². The van der Waals surface area contributed by atoms with Gasteiger partial charge in [-0.1, -0.05) is 11.6 Å². The third-order valence-electron chi connectivity index (χ3n) is 5.58. The summed E-state index contributed by atoms with van der Waals surface area (Å²) >= 11 is 6.07. The molecule has 0 aliphatic carbocycles. The highest BCUT2D eigenvalue weighted by atomic mass is 35.5. The summed E-state index contributed by atoms with van der Waals surface area (Å²) in [4.78, 5) is 29.4. The first kappa shape index (κ1) is 20.0. The van der Waals surface area contributed by atoms with E-state index in [-0.39, 0.29) is 11.1 Å². The van der Waals surface area contributed by atoms with E-state index in [1.807, 2.05) is 54.4 Å². The number of piperazine rings is 1. The zero-order valence-electron chi connectivity index (χ0n) is 17.8. The summed E-state index contributed by atoms with van der Waals surface area (Å²) in [7, 11) is 0. The van der Waals surface area contributed by atoms with Crippen LogP contribution in [0, 0.1) is 0 Å². The summed E-state index contributed by atoms with van der Waals surface area (Å²) in [6.45, 7) is 10.2. The molecule has 4 aromatic rings.